The molecule has 1 heterocycles. The highest BCUT2D eigenvalue weighted by Gasteiger charge is 2.15. The maximum Gasteiger partial charge on any atom is 0.259 e. The molecule has 1 amide bonds. The molecule has 0 aliphatic rings. The van der Waals surface area contributed by atoms with Crippen molar-refractivity contribution < 1.29 is 13.9 Å². The minimum absolute atomic E-state index is 0.227. The summed E-state index contributed by atoms with van der Waals surface area (Å²) in [6.07, 6.45) is 1.08. The van der Waals surface area contributed by atoms with Gasteiger partial charge in [0.05, 0.1) is 12.7 Å². The Morgan fingerprint density at radius 2 is 1.74 bits per heavy atom. The van der Waals surface area contributed by atoms with Crippen LogP contribution in [0.15, 0.2) is 83.3 Å². The summed E-state index contributed by atoms with van der Waals surface area (Å²) in [5.74, 6) is 1.35. The maximum absolute atomic E-state index is 13.0. The number of oxazole rings is 1. The Bertz CT molecular complexity index is 1490. The van der Waals surface area contributed by atoms with E-state index in [0.29, 0.717) is 28.8 Å². The summed E-state index contributed by atoms with van der Waals surface area (Å²) in [5, 5.41) is 4.96. The van der Waals surface area contributed by atoms with E-state index in [1.807, 2.05) is 66.7 Å². The van der Waals surface area contributed by atoms with Gasteiger partial charge in [0.1, 0.15) is 11.3 Å². The van der Waals surface area contributed by atoms with Crippen LogP contribution in [-0.4, -0.2) is 18.0 Å². The molecule has 5 rings (SSSR count). The van der Waals surface area contributed by atoms with E-state index in [2.05, 4.69) is 36.3 Å². The first-order valence-electron chi connectivity index (χ1n) is 11.4. The molecule has 34 heavy (non-hydrogen) atoms. The van der Waals surface area contributed by atoms with Gasteiger partial charge in [-0.05, 0) is 77.2 Å². The first-order valence-corrected chi connectivity index (χ1v) is 11.4. The Morgan fingerprint density at radius 1 is 1.00 bits per heavy atom. The predicted molar refractivity (Wildman–Crippen MR) is 137 cm³/mol. The molecule has 5 nitrogen and oxygen atoms in total. The number of nitrogens with zero attached hydrogens (tertiary/aromatic N) is 1. The molecule has 0 saturated heterocycles. The monoisotopic (exact) mass is 450 g/mol. The van der Waals surface area contributed by atoms with Crippen LogP contribution in [0.1, 0.15) is 42.1 Å². The largest absolute Gasteiger partial charge is 0.496 e. The topological polar surface area (TPSA) is 64.4 Å². The van der Waals surface area contributed by atoms with Crippen LogP contribution in [0.25, 0.3) is 33.3 Å². The fourth-order valence-electron chi connectivity index (χ4n) is 4.07. The second-order valence-corrected chi connectivity index (χ2v) is 8.49. The molecular weight excluding hydrogens is 424 g/mol. The van der Waals surface area contributed by atoms with Gasteiger partial charge in [-0.3, -0.25) is 4.79 Å². The standard InChI is InChI=1S/C29H26N2O3/c1-4-18(2)20-11-14-26-25(16-20)31-29(34-26)19-9-12-23(13-10-19)30-28(32)24-15-21-7-5-6-8-22(21)17-27(24)33-3/h5-18H,4H2,1-3H3,(H,30,32). The molecule has 0 bridgehead atoms. The van der Waals surface area contributed by atoms with E-state index in [1.54, 1.807) is 7.11 Å². The number of carbonyl (C=O) groups is 1. The van der Waals surface area contributed by atoms with Crippen LogP contribution in [0, 0.1) is 0 Å². The summed E-state index contributed by atoms with van der Waals surface area (Å²) in [4.78, 5) is 17.7. The number of nitrogens with one attached hydrogen (secondary N) is 1. The molecule has 0 fully saturated rings. The Balaban J connectivity index is 1.37. The van der Waals surface area contributed by atoms with Crippen LogP contribution in [0.4, 0.5) is 5.69 Å². The van der Waals surface area contributed by atoms with Gasteiger partial charge in [-0.15, -0.1) is 0 Å². The number of rotatable bonds is 6. The second kappa shape index (κ2) is 9.02. The number of aromatic nitrogens is 1. The average molecular weight is 451 g/mol. The van der Waals surface area contributed by atoms with Crippen molar-refractivity contribution in [2.24, 2.45) is 0 Å². The molecule has 0 aliphatic heterocycles. The van der Waals surface area contributed by atoms with E-state index in [1.165, 1.54) is 5.56 Å². The van der Waals surface area contributed by atoms with Crippen LogP contribution in [0.3, 0.4) is 0 Å². The van der Waals surface area contributed by atoms with Crippen molar-refractivity contribution in [1.82, 2.24) is 4.98 Å². The number of benzene rings is 4. The first kappa shape index (κ1) is 21.7. The summed E-state index contributed by atoms with van der Waals surface area (Å²) in [5.41, 5.74) is 4.90. The molecule has 1 unspecified atom stereocenters. The quantitative estimate of drug-likeness (QED) is 0.292. The number of hydrogen-bond donors (Lipinski definition) is 1. The Hall–Kier alpha value is -4.12. The lowest BCUT2D eigenvalue weighted by Crippen LogP contribution is -2.13. The van der Waals surface area contributed by atoms with E-state index in [0.717, 1.165) is 33.9 Å². The van der Waals surface area contributed by atoms with E-state index >= 15 is 0 Å². The summed E-state index contributed by atoms with van der Waals surface area (Å²) >= 11 is 0. The van der Waals surface area contributed by atoms with Gasteiger partial charge in [0, 0.05) is 11.3 Å². The number of ether oxygens (including phenoxy) is 1. The lowest BCUT2D eigenvalue weighted by Gasteiger charge is -2.11. The molecule has 5 heteroatoms. The Labute approximate surface area is 198 Å². The van der Waals surface area contributed by atoms with Crippen LogP contribution in [0.2, 0.25) is 0 Å². The number of methoxy groups -OCH3 is 1. The third kappa shape index (κ3) is 4.13. The highest BCUT2D eigenvalue weighted by atomic mass is 16.5. The molecule has 4 aromatic carbocycles. The Morgan fingerprint density at radius 3 is 2.44 bits per heavy atom. The van der Waals surface area contributed by atoms with Crippen LogP contribution in [-0.2, 0) is 0 Å². The van der Waals surface area contributed by atoms with Gasteiger partial charge in [-0.1, -0.05) is 44.2 Å². The molecule has 1 aromatic heterocycles. The van der Waals surface area contributed by atoms with E-state index in [-0.39, 0.29) is 5.91 Å². The normalized spacial score (nSPS) is 12.1. The number of hydrogen-bond acceptors (Lipinski definition) is 4. The second-order valence-electron chi connectivity index (χ2n) is 8.49. The SMILES string of the molecule is CCC(C)c1ccc2oc(-c3ccc(NC(=O)c4cc5ccccc5cc4OC)cc3)nc2c1. The zero-order valence-corrected chi connectivity index (χ0v) is 19.5. The van der Waals surface area contributed by atoms with Gasteiger partial charge >= 0.3 is 0 Å². The molecule has 1 N–H and O–H groups in total. The van der Waals surface area contributed by atoms with Crippen molar-refractivity contribution in [1.29, 1.82) is 0 Å². The highest BCUT2D eigenvalue weighted by Crippen LogP contribution is 2.30. The van der Waals surface area contributed by atoms with Crippen molar-refractivity contribution in [3.63, 3.8) is 0 Å². The van der Waals surface area contributed by atoms with Crippen molar-refractivity contribution in [2.45, 2.75) is 26.2 Å². The van der Waals surface area contributed by atoms with Crippen LogP contribution >= 0.6 is 0 Å². The van der Waals surface area contributed by atoms with Crippen LogP contribution < -0.4 is 10.1 Å². The van der Waals surface area contributed by atoms with Crippen molar-refractivity contribution in [2.75, 3.05) is 12.4 Å². The minimum atomic E-state index is -0.227. The first-order chi connectivity index (χ1) is 16.6. The van der Waals surface area contributed by atoms with Gasteiger partial charge in [0.2, 0.25) is 5.89 Å². The molecule has 0 spiro atoms. The molecule has 0 radical (unpaired) electrons. The van der Waals surface area contributed by atoms with E-state index in [4.69, 9.17) is 9.15 Å². The average Bonchev–Trinajstić information content (AvgIpc) is 3.31. The molecule has 5 aromatic rings. The van der Waals surface area contributed by atoms with Crippen LogP contribution in [0.5, 0.6) is 5.75 Å². The number of fused-ring (bicyclic) bond motifs is 2. The van der Waals surface area contributed by atoms with Gasteiger partial charge in [-0.2, -0.15) is 0 Å². The fourth-order valence-corrected chi connectivity index (χ4v) is 4.07. The highest BCUT2D eigenvalue weighted by molar-refractivity contribution is 6.08. The van der Waals surface area contributed by atoms with E-state index in [9.17, 15) is 4.79 Å². The fraction of sp³-hybridized carbons (Fsp3) is 0.172. The minimum Gasteiger partial charge on any atom is -0.496 e. The van der Waals surface area contributed by atoms with E-state index < -0.39 is 0 Å². The summed E-state index contributed by atoms with van der Waals surface area (Å²) in [6, 6.07) is 25.3. The predicted octanol–water partition coefficient (Wildman–Crippen LogP) is 7.42. The van der Waals surface area contributed by atoms with Gasteiger partial charge in [0.15, 0.2) is 5.58 Å². The molecule has 0 aliphatic carbocycles. The zero-order valence-electron chi connectivity index (χ0n) is 19.5. The summed E-state index contributed by atoms with van der Waals surface area (Å²) in [7, 11) is 1.57. The molecular formula is C29H26N2O3. The van der Waals surface area contributed by atoms with Gasteiger partial charge < -0.3 is 14.5 Å². The van der Waals surface area contributed by atoms with Gasteiger partial charge in [0.25, 0.3) is 5.91 Å². The van der Waals surface area contributed by atoms with Crippen molar-refractivity contribution in [3.8, 4) is 17.2 Å². The molecule has 170 valence electrons. The van der Waals surface area contributed by atoms with Crippen molar-refractivity contribution in [3.05, 3.63) is 90.0 Å². The third-order valence-corrected chi connectivity index (χ3v) is 6.30. The zero-order chi connectivity index (χ0) is 23.7. The lowest BCUT2D eigenvalue weighted by atomic mass is 9.98. The molecule has 0 saturated carbocycles. The molecule has 1 atom stereocenters. The number of amides is 1. The third-order valence-electron chi connectivity index (χ3n) is 6.30. The summed E-state index contributed by atoms with van der Waals surface area (Å²) in [6.45, 7) is 4.39. The number of anilines is 1. The Kier molecular flexibility index (Phi) is 5.76. The summed E-state index contributed by atoms with van der Waals surface area (Å²) < 4.78 is 11.4. The smallest absolute Gasteiger partial charge is 0.259 e. The lowest BCUT2D eigenvalue weighted by molar-refractivity contribution is 0.102. The maximum atomic E-state index is 13.0. The number of carbonyl (C=O) groups excluding carboxylic acids is 1. The van der Waals surface area contributed by atoms with Gasteiger partial charge in [-0.25, -0.2) is 4.98 Å². The van der Waals surface area contributed by atoms with Crippen molar-refractivity contribution >= 4 is 33.5 Å².